The smallest absolute Gasteiger partial charge is 0.0931 e. The number of rotatable bonds is 4. The third kappa shape index (κ3) is 3.45. The molecule has 1 aliphatic rings. The molecule has 0 radical (unpaired) electrons. The van der Waals surface area contributed by atoms with Crippen LogP contribution in [-0.4, -0.2) is 18.6 Å². The van der Waals surface area contributed by atoms with E-state index < -0.39 is 0 Å². The lowest BCUT2D eigenvalue weighted by atomic mass is 9.91. The first kappa shape index (κ1) is 12.4. The van der Waals surface area contributed by atoms with Crippen molar-refractivity contribution in [3.8, 4) is 0 Å². The first-order valence-electron chi connectivity index (χ1n) is 5.88. The Morgan fingerprint density at radius 1 is 1.50 bits per heavy atom. The zero-order chi connectivity index (χ0) is 11.4. The van der Waals surface area contributed by atoms with E-state index in [1.165, 1.54) is 24.1 Å². The van der Waals surface area contributed by atoms with E-state index in [1.807, 2.05) is 6.07 Å². The highest BCUT2D eigenvalue weighted by Gasteiger charge is 2.25. The summed E-state index contributed by atoms with van der Waals surface area (Å²) in [5, 5.41) is 7.12. The van der Waals surface area contributed by atoms with E-state index in [-0.39, 0.29) is 5.54 Å². The molecule has 4 heteroatoms. The van der Waals surface area contributed by atoms with Gasteiger partial charge in [0.2, 0.25) is 0 Å². The molecule has 2 N–H and O–H groups in total. The maximum Gasteiger partial charge on any atom is 0.0931 e. The molecule has 0 saturated carbocycles. The van der Waals surface area contributed by atoms with Gasteiger partial charge in [-0.25, -0.2) is 0 Å². The minimum absolute atomic E-state index is 0.277. The van der Waals surface area contributed by atoms with Gasteiger partial charge in [-0.2, -0.15) is 0 Å². The largest absolute Gasteiger partial charge is 0.310 e. The molecule has 1 aliphatic heterocycles. The molecule has 2 heterocycles. The summed E-state index contributed by atoms with van der Waals surface area (Å²) in [5.41, 5.74) is 0.277. The Kier molecular flexibility index (Phi) is 4.25. The highest BCUT2D eigenvalue weighted by molar-refractivity contribution is 7.16. The van der Waals surface area contributed by atoms with E-state index in [0.29, 0.717) is 0 Å². The molecule has 1 unspecified atom stereocenters. The van der Waals surface area contributed by atoms with Crippen molar-refractivity contribution in [2.45, 2.75) is 38.3 Å². The van der Waals surface area contributed by atoms with Crippen molar-refractivity contribution in [3.05, 3.63) is 21.3 Å². The molecule has 0 aliphatic carbocycles. The summed E-state index contributed by atoms with van der Waals surface area (Å²) in [6.45, 7) is 5.42. The van der Waals surface area contributed by atoms with Crippen molar-refractivity contribution in [2.75, 3.05) is 13.1 Å². The molecule has 1 aromatic rings. The first-order valence-corrected chi connectivity index (χ1v) is 7.07. The average molecular weight is 259 g/mol. The Morgan fingerprint density at radius 3 is 3.00 bits per heavy atom. The van der Waals surface area contributed by atoms with Gasteiger partial charge in [0.1, 0.15) is 0 Å². The number of nitrogens with one attached hydrogen (secondary N) is 2. The van der Waals surface area contributed by atoms with Crippen molar-refractivity contribution in [1.82, 2.24) is 10.6 Å². The van der Waals surface area contributed by atoms with E-state index in [2.05, 4.69) is 23.6 Å². The van der Waals surface area contributed by atoms with E-state index >= 15 is 0 Å². The molecule has 0 bridgehead atoms. The van der Waals surface area contributed by atoms with Gasteiger partial charge in [0.25, 0.3) is 0 Å². The van der Waals surface area contributed by atoms with Crippen molar-refractivity contribution in [3.63, 3.8) is 0 Å². The van der Waals surface area contributed by atoms with Gasteiger partial charge in [0.05, 0.1) is 4.34 Å². The minimum atomic E-state index is 0.277. The number of halogens is 1. The van der Waals surface area contributed by atoms with Crippen LogP contribution in [0.2, 0.25) is 4.34 Å². The monoisotopic (exact) mass is 258 g/mol. The van der Waals surface area contributed by atoms with Crippen LogP contribution < -0.4 is 10.6 Å². The lowest BCUT2D eigenvalue weighted by Gasteiger charge is -2.35. The average Bonchev–Trinajstić information content (AvgIpc) is 2.65. The quantitative estimate of drug-likeness (QED) is 0.868. The molecular weight excluding hydrogens is 240 g/mol. The Morgan fingerprint density at radius 2 is 2.38 bits per heavy atom. The molecule has 1 saturated heterocycles. The summed E-state index contributed by atoms with van der Waals surface area (Å²) in [6.07, 6.45) is 3.93. The van der Waals surface area contributed by atoms with E-state index in [0.717, 1.165) is 24.0 Å². The van der Waals surface area contributed by atoms with Crippen LogP contribution in [0, 0.1) is 0 Å². The summed E-state index contributed by atoms with van der Waals surface area (Å²) in [5.74, 6) is 0. The summed E-state index contributed by atoms with van der Waals surface area (Å²) in [6, 6.07) is 4.06. The highest BCUT2D eigenvalue weighted by atomic mass is 35.5. The minimum Gasteiger partial charge on any atom is -0.310 e. The molecule has 16 heavy (non-hydrogen) atoms. The molecule has 90 valence electrons. The second-order valence-electron chi connectivity index (χ2n) is 4.75. The third-order valence-electron chi connectivity index (χ3n) is 3.15. The zero-order valence-electron chi connectivity index (χ0n) is 9.68. The predicted octanol–water partition coefficient (Wildman–Crippen LogP) is 3.02. The van der Waals surface area contributed by atoms with Crippen LogP contribution >= 0.6 is 22.9 Å². The Bertz CT molecular complexity index is 332. The normalized spacial score (nSPS) is 25.9. The number of hydrogen-bond acceptors (Lipinski definition) is 3. The van der Waals surface area contributed by atoms with Gasteiger partial charge in [-0.3, -0.25) is 0 Å². The number of thiophene rings is 1. The fourth-order valence-corrected chi connectivity index (χ4v) is 3.24. The summed E-state index contributed by atoms with van der Waals surface area (Å²) in [4.78, 5) is 1.31. The summed E-state index contributed by atoms with van der Waals surface area (Å²) in [7, 11) is 0. The fraction of sp³-hybridized carbons (Fsp3) is 0.667. The zero-order valence-corrected chi connectivity index (χ0v) is 11.3. The van der Waals surface area contributed by atoms with Crippen LogP contribution in [-0.2, 0) is 6.54 Å². The van der Waals surface area contributed by atoms with Crippen LogP contribution in [0.3, 0.4) is 0 Å². The molecule has 1 atom stereocenters. The van der Waals surface area contributed by atoms with Gasteiger partial charge in [0.15, 0.2) is 0 Å². The maximum absolute atomic E-state index is 5.89. The van der Waals surface area contributed by atoms with Crippen LogP contribution in [0.1, 0.15) is 31.1 Å². The van der Waals surface area contributed by atoms with Gasteiger partial charge in [0, 0.05) is 23.5 Å². The second-order valence-corrected chi connectivity index (χ2v) is 6.55. The van der Waals surface area contributed by atoms with E-state index in [4.69, 9.17) is 11.6 Å². The lowest BCUT2D eigenvalue weighted by Crippen LogP contribution is -2.52. The standard InChI is InChI=1S/C12H19ClN2S/c1-12(6-2-3-7-15-12)9-14-8-10-4-5-11(13)16-10/h4-5,14-15H,2-3,6-9H2,1H3. The van der Waals surface area contributed by atoms with Crippen LogP contribution in [0.4, 0.5) is 0 Å². The summed E-state index contributed by atoms with van der Waals surface area (Å²) < 4.78 is 0.874. The van der Waals surface area contributed by atoms with Gasteiger partial charge < -0.3 is 10.6 Å². The van der Waals surface area contributed by atoms with Gasteiger partial charge in [-0.1, -0.05) is 18.0 Å². The Balaban J connectivity index is 1.74. The topological polar surface area (TPSA) is 24.1 Å². The van der Waals surface area contributed by atoms with Gasteiger partial charge in [-0.05, 0) is 38.4 Å². The van der Waals surface area contributed by atoms with E-state index in [9.17, 15) is 0 Å². The Labute approximate surface area is 106 Å². The molecule has 2 rings (SSSR count). The van der Waals surface area contributed by atoms with Crippen molar-refractivity contribution >= 4 is 22.9 Å². The summed E-state index contributed by atoms with van der Waals surface area (Å²) >= 11 is 7.55. The Hall–Kier alpha value is -0.0900. The molecular formula is C12H19ClN2S. The molecule has 2 nitrogen and oxygen atoms in total. The molecule has 0 spiro atoms. The highest BCUT2D eigenvalue weighted by Crippen LogP contribution is 2.22. The fourth-order valence-electron chi connectivity index (χ4n) is 2.18. The number of hydrogen-bond donors (Lipinski definition) is 2. The molecule has 1 aromatic heterocycles. The van der Waals surface area contributed by atoms with E-state index in [1.54, 1.807) is 11.3 Å². The SMILES string of the molecule is CC1(CNCc2ccc(Cl)s2)CCCCN1. The predicted molar refractivity (Wildman–Crippen MR) is 71.3 cm³/mol. The maximum atomic E-state index is 5.89. The molecule has 0 amide bonds. The van der Waals surface area contributed by atoms with Crippen molar-refractivity contribution in [1.29, 1.82) is 0 Å². The first-order chi connectivity index (χ1) is 7.68. The third-order valence-corrected chi connectivity index (χ3v) is 4.38. The second kappa shape index (κ2) is 5.50. The van der Waals surface area contributed by atoms with Crippen LogP contribution in [0.15, 0.2) is 12.1 Å². The molecule has 1 fully saturated rings. The molecule has 0 aromatic carbocycles. The van der Waals surface area contributed by atoms with Crippen LogP contribution in [0.25, 0.3) is 0 Å². The van der Waals surface area contributed by atoms with Gasteiger partial charge in [-0.15, -0.1) is 11.3 Å². The van der Waals surface area contributed by atoms with Crippen molar-refractivity contribution in [2.24, 2.45) is 0 Å². The number of piperidine rings is 1. The van der Waals surface area contributed by atoms with Crippen molar-refractivity contribution < 1.29 is 0 Å². The van der Waals surface area contributed by atoms with Crippen LogP contribution in [0.5, 0.6) is 0 Å². The van der Waals surface area contributed by atoms with Gasteiger partial charge >= 0.3 is 0 Å². The lowest BCUT2D eigenvalue weighted by molar-refractivity contribution is 0.267.